The van der Waals surface area contributed by atoms with Crippen LogP contribution in [-0.4, -0.2) is 50.3 Å². The minimum Gasteiger partial charge on any atom is -0.381 e. The molecule has 2 aliphatic heterocycles. The third-order valence-corrected chi connectivity index (χ3v) is 6.26. The van der Waals surface area contributed by atoms with Crippen molar-refractivity contribution in [2.75, 3.05) is 33.4 Å². The molecule has 0 aliphatic carbocycles. The summed E-state index contributed by atoms with van der Waals surface area (Å²) in [7, 11) is 1.88. The van der Waals surface area contributed by atoms with Crippen molar-refractivity contribution in [2.24, 2.45) is 10.9 Å². The Morgan fingerprint density at radius 3 is 2.56 bits per heavy atom. The number of halogens is 1. The molecule has 2 heterocycles. The molecule has 2 fully saturated rings. The van der Waals surface area contributed by atoms with E-state index in [9.17, 15) is 0 Å². The highest BCUT2D eigenvalue weighted by atomic mass is 127. The summed E-state index contributed by atoms with van der Waals surface area (Å²) >= 11 is 0. The Morgan fingerprint density at radius 1 is 1.03 bits per heavy atom. The van der Waals surface area contributed by atoms with Gasteiger partial charge in [-0.2, -0.15) is 0 Å². The van der Waals surface area contributed by atoms with E-state index in [4.69, 9.17) is 9.47 Å². The van der Waals surface area contributed by atoms with E-state index in [2.05, 4.69) is 69.8 Å². The summed E-state index contributed by atoms with van der Waals surface area (Å²) in [6, 6.07) is 19.5. The van der Waals surface area contributed by atoms with Crippen LogP contribution in [0, 0.1) is 5.92 Å². The van der Waals surface area contributed by atoms with Gasteiger partial charge in [-0.1, -0.05) is 54.6 Å². The Labute approximate surface area is 209 Å². The van der Waals surface area contributed by atoms with Gasteiger partial charge in [-0.3, -0.25) is 4.99 Å². The maximum atomic E-state index is 6.08. The maximum absolute atomic E-state index is 6.08. The van der Waals surface area contributed by atoms with Crippen LogP contribution in [-0.2, 0) is 29.0 Å². The number of benzene rings is 2. The third-order valence-electron chi connectivity index (χ3n) is 6.26. The van der Waals surface area contributed by atoms with Crippen LogP contribution < -0.4 is 5.32 Å². The summed E-state index contributed by atoms with van der Waals surface area (Å²) in [6.45, 7) is 5.20. The Morgan fingerprint density at radius 2 is 1.78 bits per heavy atom. The number of nitrogens with one attached hydrogen (secondary N) is 1. The normalized spacial score (nSPS) is 19.6. The molecule has 6 heteroatoms. The second-order valence-corrected chi connectivity index (χ2v) is 8.63. The first-order valence-electron chi connectivity index (χ1n) is 11.6. The van der Waals surface area contributed by atoms with Crippen LogP contribution in [0.2, 0.25) is 0 Å². The molecule has 0 bridgehead atoms. The highest BCUT2D eigenvalue weighted by Gasteiger charge is 2.25. The molecule has 2 saturated heterocycles. The highest BCUT2D eigenvalue weighted by molar-refractivity contribution is 14.0. The van der Waals surface area contributed by atoms with Crippen molar-refractivity contribution >= 4 is 29.9 Å². The maximum Gasteiger partial charge on any atom is 0.193 e. The summed E-state index contributed by atoms with van der Waals surface area (Å²) in [5.41, 5.74) is 3.91. The number of hydrogen-bond acceptors (Lipinski definition) is 3. The minimum atomic E-state index is 0. The molecule has 2 aromatic rings. The number of ether oxygens (including phenoxy) is 2. The fourth-order valence-electron chi connectivity index (χ4n) is 4.54. The molecule has 2 aromatic carbocycles. The molecule has 32 heavy (non-hydrogen) atoms. The number of nitrogens with zero attached hydrogens (tertiary/aromatic N) is 2. The summed E-state index contributed by atoms with van der Waals surface area (Å²) in [4.78, 5) is 6.94. The van der Waals surface area contributed by atoms with E-state index in [1.165, 1.54) is 23.1 Å². The van der Waals surface area contributed by atoms with Crippen LogP contribution in [0.4, 0.5) is 0 Å². The van der Waals surface area contributed by atoms with Crippen LogP contribution in [0.5, 0.6) is 0 Å². The van der Waals surface area contributed by atoms with E-state index in [0.717, 1.165) is 58.1 Å². The summed E-state index contributed by atoms with van der Waals surface area (Å²) in [5.74, 6) is 1.69. The van der Waals surface area contributed by atoms with Gasteiger partial charge in [0.1, 0.15) is 0 Å². The zero-order chi connectivity index (χ0) is 21.3. The van der Waals surface area contributed by atoms with Crippen molar-refractivity contribution in [3.8, 4) is 0 Å². The molecule has 0 spiro atoms. The molecular formula is C26H36IN3O2. The van der Waals surface area contributed by atoms with Crippen molar-refractivity contribution in [1.29, 1.82) is 0 Å². The molecule has 174 valence electrons. The van der Waals surface area contributed by atoms with Gasteiger partial charge in [-0.25, -0.2) is 0 Å². The molecule has 0 amide bonds. The van der Waals surface area contributed by atoms with Crippen molar-refractivity contribution in [1.82, 2.24) is 10.2 Å². The molecule has 4 rings (SSSR count). The molecule has 1 N–H and O–H groups in total. The van der Waals surface area contributed by atoms with E-state index < -0.39 is 0 Å². The monoisotopic (exact) mass is 549 g/mol. The topological polar surface area (TPSA) is 46.1 Å². The second kappa shape index (κ2) is 13.2. The van der Waals surface area contributed by atoms with E-state index >= 15 is 0 Å². The number of rotatable bonds is 7. The van der Waals surface area contributed by atoms with Crippen LogP contribution >= 0.6 is 24.0 Å². The number of aliphatic imine (C=N–C) groups is 1. The Kier molecular flexibility index (Phi) is 10.3. The molecular weight excluding hydrogens is 513 g/mol. The standard InChI is InChI=1S/C26H35N3O2.HI/c1-27-26(29-13-10-23(19-29)16-21-6-3-2-4-7-21)28-18-22-8-5-9-24(17-22)20-31-25-11-14-30-15-12-25;/h2-9,17,23,25H,10-16,18-20H2,1H3,(H,27,28);1H. The van der Waals surface area contributed by atoms with Gasteiger partial charge in [-0.15, -0.1) is 24.0 Å². The van der Waals surface area contributed by atoms with Gasteiger partial charge in [0.2, 0.25) is 0 Å². The summed E-state index contributed by atoms with van der Waals surface area (Å²) in [6.07, 6.45) is 4.68. The van der Waals surface area contributed by atoms with Crippen molar-refractivity contribution < 1.29 is 9.47 Å². The lowest BCUT2D eigenvalue weighted by molar-refractivity contribution is -0.0390. The van der Waals surface area contributed by atoms with Crippen LogP contribution in [0.15, 0.2) is 59.6 Å². The first kappa shape index (κ1) is 25.0. The predicted molar refractivity (Wildman–Crippen MR) is 141 cm³/mol. The zero-order valence-corrected chi connectivity index (χ0v) is 21.4. The first-order valence-corrected chi connectivity index (χ1v) is 11.6. The van der Waals surface area contributed by atoms with Crippen molar-refractivity contribution in [2.45, 2.75) is 44.9 Å². The largest absolute Gasteiger partial charge is 0.381 e. The minimum absolute atomic E-state index is 0. The van der Waals surface area contributed by atoms with E-state index in [-0.39, 0.29) is 24.0 Å². The summed E-state index contributed by atoms with van der Waals surface area (Å²) < 4.78 is 11.5. The fourth-order valence-corrected chi connectivity index (χ4v) is 4.54. The Balaban J connectivity index is 0.00000289. The first-order chi connectivity index (χ1) is 15.3. The lowest BCUT2D eigenvalue weighted by Gasteiger charge is -2.23. The van der Waals surface area contributed by atoms with Gasteiger partial charge in [0, 0.05) is 39.9 Å². The van der Waals surface area contributed by atoms with E-state index in [1.54, 1.807) is 0 Å². The zero-order valence-electron chi connectivity index (χ0n) is 19.0. The Bertz CT molecular complexity index is 840. The highest BCUT2D eigenvalue weighted by Crippen LogP contribution is 2.21. The van der Waals surface area contributed by atoms with Gasteiger partial charge in [0.15, 0.2) is 5.96 Å². The molecule has 0 aromatic heterocycles. The van der Waals surface area contributed by atoms with Gasteiger partial charge in [0.05, 0.1) is 12.7 Å². The van der Waals surface area contributed by atoms with Crippen LogP contribution in [0.1, 0.15) is 36.0 Å². The average molecular weight is 549 g/mol. The lowest BCUT2D eigenvalue weighted by Crippen LogP contribution is -2.39. The fraction of sp³-hybridized carbons (Fsp3) is 0.500. The van der Waals surface area contributed by atoms with E-state index in [0.29, 0.717) is 18.6 Å². The van der Waals surface area contributed by atoms with Crippen molar-refractivity contribution in [3.63, 3.8) is 0 Å². The van der Waals surface area contributed by atoms with Crippen molar-refractivity contribution in [3.05, 3.63) is 71.3 Å². The van der Waals surface area contributed by atoms with Gasteiger partial charge in [0.25, 0.3) is 0 Å². The summed E-state index contributed by atoms with van der Waals surface area (Å²) in [5, 5.41) is 3.56. The second-order valence-electron chi connectivity index (χ2n) is 8.63. The van der Waals surface area contributed by atoms with Crippen LogP contribution in [0.3, 0.4) is 0 Å². The number of guanidine groups is 1. The molecule has 5 nitrogen and oxygen atoms in total. The van der Waals surface area contributed by atoms with Gasteiger partial charge < -0.3 is 19.7 Å². The Hall–Kier alpha value is -1.64. The molecule has 2 aliphatic rings. The number of hydrogen-bond donors (Lipinski definition) is 1. The van der Waals surface area contributed by atoms with E-state index in [1.807, 2.05) is 7.05 Å². The number of likely N-dealkylation sites (tertiary alicyclic amines) is 1. The lowest BCUT2D eigenvalue weighted by atomic mass is 9.99. The molecule has 1 atom stereocenters. The predicted octanol–water partition coefficient (Wildman–Crippen LogP) is 4.64. The smallest absolute Gasteiger partial charge is 0.193 e. The molecule has 0 radical (unpaired) electrons. The van der Waals surface area contributed by atoms with Crippen LogP contribution in [0.25, 0.3) is 0 Å². The van der Waals surface area contributed by atoms with Gasteiger partial charge in [-0.05, 0) is 48.3 Å². The SMILES string of the molecule is CN=C(NCc1cccc(COC2CCOCC2)c1)N1CCC(Cc2ccccc2)C1.I. The molecule has 1 unspecified atom stereocenters. The quantitative estimate of drug-likeness (QED) is 0.311. The average Bonchev–Trinajstić information content (AvgIpc) is 3.28. The van der Waals surface area contributed by atoms with Gasteiger partial charge >= 0.3 is 0 Å². The third kappa shape index (κ3) is 7.46. The molecule has 0 saturated carbocycles.